The third kappa shape index (κ3) is 3.72. The molecule has 0 unspecified atom stereocenters. The van der Waals surface area contributed by atoms with Crippen LogP contribution in [0.4, 0.5) is 19.0 Å². The molecule has 1 aromatic rings. The third-order valence-electron chi connectivity index (χ3n) is 4.69. The van der Waals surface area contributed by atoms with Crippen molar-refractivity contribution in [1.82, 2.24) is 9.88 Å². The van der Waals surface area contributed by atoms with Gasteiger partial charge in [0, 0.05) is 44.5 Å². The highest BCUT2D eigenvalue weighted by Gasteiger charge is 2.33. The molecule has 0 amide bonds. The second-order valence-corrected chi connectivity index (χ2v) is 6.70. The van der Waals surface area contributed by atoms with Crippen LogP contribution in [0.25, 0.3) is 0 Å². The Bertz CT molecular complexity index is 558. The quantitative estimate of drug-likeness (QED) is 0.892. The van der Waals surface area contributed by atoms with E-state index in [0.717, 1.165) is 57.7 Å². The fraction of sp³-hybridized carbons (Fsp3) is 0.667. The lowest BCUT2D eigenvalue weighted by atomic mass is 10.0. The second kappa shape index (κ2) is 6.45. The normalized spacial score (nSPS) is 24.4. The molecule has 2 aliphatic heterocycles. The Hall–Kier alpha value is -1.05. The molecule has 8 heteroatoms. The summed E-state index contributed by atoms with van der Waals surface area (Å²) in [5.74, 6) is 0.441. The van der Waals surface area contributed by atoms with Crippen molar-refractivity contribution in [2.24, 2.45) is 5.73 Å². The minimum absolute atomic E-state index is 0.0569. The van der Waals surface area contributed by atoms with Crippen LogP contribution in [0.5, 0.6) is 0 Å². The highest BCUT2D eigenvalue weighted by molar-refractivity contribution is 6.33. The standard InChI is InChI=1S/C15H20ClF3N4/c16-13-7-10(15(17,18)19)8-21-14(13)22-5-2-12(3-6-22)23-4-1-11(20)9-23/h7-8,11-12H,1-6,9,20H2/t11-/m0/s1. The van der Waals surface area contributed by atoms with Crippen LogP contribution in [-0.4, -0.2) is 48.1 Å². The van der Waals surface area contributed by atoms with Gasteiger partial charge in [0.2, 0.25) is 0 Å². The van der Waals surface area contributed by atoms with Crippen LogP contribution in [0.1, 0.15) is 24.8 Å². The molecule has 1 atom stereocenters. The first-order valence-corrected chi connectivity index (χ1v) is 8.19. The van der Waals surface area contributed by atoms with Gasteiger partial charge in [0.1, 0.15) is 5.82 Å². The van der Waals surface area contributed by atoms with E-state index >= 15 is 0 Å². The molecule has 0 aromatic carbocycles. The van der Waals surface area contributed by atoms with Crippen LogP contribution < -0.4 is 10.6 Å². The van der Waals surface area contributed by atoms with E-state index in [1.165, 1.54) is 0 Å². The summed E-state index contributed by atoms with van der Waals surface area (Å²) >= 11 is 6.02. The number of hydrogen-bond donors (Lipinski definition) is 1. The average Bonchev–Trinajstić information content (AvgIpc) is 2.93. The highest BCUT2D eigenvalue weighted by Crippen LogP contribution is 2.34. The molecule has 2 aliphatic rings. The first kappa shape index (κ1) is 16.8. The van der Waals surface area contributed by atoms with Gasteiger partial charge in [-0.1, -0.05) is 11.6 Å². The van der Waals surface area contributed by atoms with Crippen LogP contribution in [0.15, 0.2) is 12.3 Å². The maximum atomic E-state index is 12.7. The van der Waals surface area contributed by atoms with Gasteiger partial charge in [0.25, 0.3) is 0 Å². The minimum atomic E-state index is -4.42. The predicted octanol–water partition coefficient (Wildman–Crippen LogP) is 2.76. The van der Waals surface area contributed by atoms with Crippen LogP contribution in [0.2, 0.25) is 5.02 Å². The first-order chi connectivity index (χ1) is 10.8. The summed E-state index contributed by atoms with van der Waals surface area (Å²) in [5.41, 5.74) is 5.14. The summed E-state index contributed by atoms with van der Waals surface area (Å²) in [7, 11) is 0. The average molecular weight is 349 g/mol. The van der Waals surface area contributed by atoms with E-state index < -0.39 is 11.7 Å². The van der Waals surface area contributed by atoms with Gasteiger partial charge in [0.05, 0.1) is 10.6 Å². The zero-order chi connectivity index (χ0) is 16.6. The molecule has 3 heterocycles. The number of anilines is 1. The minimum Gasteiger partial charge on any atom is -0.355 e. The molecule has 1 aromatic heterocycles. The summed E-state index contributed by atoms with van der Waals surface area (Å²) in [5, 5.41) is 0.0569. The fourth-order valence-corrected chi connectivity index (χ4v) is 3.69. The SMILES string of the molecule is N[C@H]1CCN(C2CCN(c3ncc(C(F)(F)F)cc3Cl)CC2)C1. The van der Waals surface area contributed by atoms with Crippen molar-refractivity contribution in [1.29, 1.82) is 0 Å². The molecule has 0 radical (unpaired) electrons. The maximum absolute atomic E-state index is 12.7. The van der Waals surface area contributed by atoms with E-state index in [1.54, 1.807) is 0 Å². The number of nitrogens with two attached hydrogens (primary N) is 1. The van der Waals surface area contributed by atoms with Crippen molar-refractivity contribution in [3.63, 3.8) is 0 Å². The molecule has 4 nitrogen and oxygen atoms in total. The summed E-state index contributed by atoms with van der Waals surface area (Å²) in [6.45, 7) is 3.46. The van der Waals surface area contributed by atoms with Gasteiger partial charge in [-0.2, -0.15) is 13.2 Å². The van der Waals surface area contributed by atoms with Gasteiger partial charge < -0.3 is 10.6 Å². The van der Waals surface area contributed by atoms with E-state index in [-0.39, 0.29) is 11.1 Å². The molecular formula is C15H20ClF3N4. The zero-order valence-electron chi connectivity index (χ0n) is 12.7. The number of pyridine rings is 1. The molecule has 128 valence electrons. The predicted molar refractivity (Wildman–Crippen MR) is 83.6 cm³/mol. The molecule has 23 heavy (non-hydrogen) atoms. The largest absolute Gasteiger partial charge is 0.417 e. The molecule has 2 saturated heterocycles. The van der Waals surface area contributed by atoms with Crippen LogP contribution in [0, 0.1) is 0 Å². The highest BCUT2D eigenvalue weighted by atomic mass is 35.5. The van der Waals surface area contributed by atoms with Crippen LogP contribution in [0.3, 0.4) is 0 Å². The molecule has 0 spiro atoms. The van der Waals surface area contributed by atoms with Crippen molar-refractivity contribution in [3.05, 3.63) is 22.8 Å². The number of piperidine rings is 1. The summed E-state index contributed by atoms with van der Waals surface area (Å²) in [6.07, 6.45) is -0.631. The molecule has 2 N–H and O–H groups in total. The van der Waals surface area contributed by atoms with Crippen molar-refractivity contribution >= 4 is 17.4 Å². The lowest BCUT2D eigenvalue weighted by molar-refractivity contribution is -0.137. The lowest BCUT2D eigenvalue weighted by Gasteiger charge is -2.37. The number of nitrogens with zero attached hydrogens (tertiary/aromatic N) is 3. The number of alkyl halides is 3. The van der Waals surface area contributed by atoms with Gasteiger partial charge in [-0.05, 0) is 25.3 Å². The Morgan fingerprint density at radius 3 is 2.39 bits per heavy atom. The zero-order valence-corrected chi connectivity index (χ0v) is 13.4. The van der Waals surface area contributed by atoms with Crippen molar-refractivity contribution in [3.8, 4) is 0 Å². The lowest BCUT2D eigenvalue weighted by Crippen LogP contribution is -2.45. The number of likely N-dealkylation sites (tertiary alicyclic amines) is 1. The smallest absolute Gasteiger partial charge is 0.355 e. The van der Waals surface area contributed by atoms with Gasteiger partial charge in [-0.3, -0.25) is 4.90 Å². The molecule has 0 saturated carbocycles. The van der Waals surface area contributed by atoms with E-state index in [4.69, 9.17) is 17.3 Å². The third-order valence-corrected chi connectivity index (χ3v) is 4.96. The molecule has 0 bridgehead atoms. The van der Waals surface area contributed by atoms with Gasteiger partial charge in [-0.15, -0.1) is 0 Å². The first-order valence-electron chi connectivity index (χ1n) is 7.82. The summed E-state index contributed by atoms with van der Waals surface area (Å²) in [4.78, 5) is 8.33. The molecule has 0 aliphatic carbocycles. The van der Waals surface area contributed by atoms with Gasteiger partial charge in [0.15, 0.2) is 0 Å². The maximum Gasteiger partial charge on any atom is 0.417 e. The molecule has 2 fully saturated rings. The van der Waals surface area contributed by atoms with Gasteiger partial charge in [-0.25, -0.2) is 4.98 Å². The topological polar surface area (TPSA) is 45.4 Å². The fourth-order valence-electron chi connectivity index (χ4n) is 3.41. The Morgan fingerprint density at radius 2 is 1.87 bits per heavy atom. The number of aromatic nitrogens is 1. The van der Waals surface area contributed by atoms with E-state index in [1.807, 2.05) is 4.90 Å². The van der Waals surface area contributed by atoms with E-state index in [9.17, 15) is 13.2 Å². The number of hydrogen-bond acceptors (Lipinski definition) is 4. The Balaban J connectivity index is 1.63. The molecule has 3 rings (SSSR count). The second-order valence-electron chi connectivity index (χ2n) is 6.29. The summed E-state index contributed by atoms with van der Waals surface area (Å²) < 4.78 is 38.0. The summed E-state index contributed by atoms with van der Waals surface area (Å²) in [6, 6.07) is 1.71. The van der Waals surface area contributed by atoms with E-state index in [2.05, 4.69) is 9.88 Å². The van der Waals surface area contributed by atoms with Crippen molar-refractivity contribution in [2.75, 3.05) is 31.1 Å². The Kier molecular flexibility index (Phi) is 4.71. The molecular weight excluding hydrogens is 329 g/mol. The van der Waals surface area contributed by atoms with Gasteiger partial charge >= 0.3 is 6.18 Å². The Morgan fingerprint density at radius 1 is 1.17 bits per heavy atom. The van der Waals surface area contributed by atoms with Crippen molar-refractivity contribution in [2.45, 2.75) is 37.5 Å². The number of halogens is 4. The van der Waals surface area contributed by atoms with Crippen LogP contribution >= 0.6 is 11.6 Å². The monoisotopic (exact) mass is 348 g/mol. The number of rotatable bonds is 2. The Labute approximate surface area is 138 Å². The van der Waals surface area contributed by atoms with E-state index in [0.29, 0.717) is 11.9 Å². The van der Waals surface area contributed by atoms with Crippen molar-refractivity contribution < 1.29 is 13.2 Å². The van der Waals surface area contributed by atoms with Crippen LogP contribution in [-0.2, 0) is 6.18 Å².